The normalized spacial score (nSPS) is 17.0. The van der Waals surface area contributed by atoms with Gasteiger partial charge in [0.25, 0.3) is 0 Å². The van der Waals surface area contributed by atoms with Gasteiger partial charge < -0.3 is 25.0 Å². The first-order valence-electron chi connectivity index (χ1n) is 15.7. The third-order valence-corrected chi connectivity index (χ3v) is 10.3. The standard InChI is InChI=1S/C36H43N5O2S/c1-24-9-5-6-10-28(24)27-15-17-40(18-16-27)36(43)38-34(25(2)30-22-37-31-12-8-7-11-29(30)31)35(42)41-19-20-44-33-14-13-26(21-32(33)41)23-39(3)4/h5-14,21-22,25,27,34,37H,15-20,23H2,1-4H3,(H,38,43)/t25-,34-/m1/s1. The van der Waals surface area contributed by atoms with E-state index in [-0.39, 0.29) is 17.9 Å². The number of aryl methyl sites for hydroxylation is 1. The third-order valence-electron chi connectivity index (χ3n) is 9.22. The van der Waals surface area contributed by atoms with E-state index < -0.39 is 6.04 Å². The lowest BCUT2D eigenvalue weighted by atomic mass is 9.87. The number of carbonyl (C=O) groups is 2. The zero-order valence-corrected chi connectivity index (χ0v) is 27.0. The summed E-state index contributed by atoms with van der Waals surface area (Å²) in [6, 6.07) is 22.3. The van der Waals surface area contributed by atoms with Crippen molar-refractivity contribution >= 4 is 40.3 Å². The number of nitrogens with one attached hydrogen (secondary N) is 2. The van der Waals surface area contributed by atoms with Gasteiger partial charge in [0, 0.05) is 59.8 Å². The lowest BCUT2D eigenvalue weighted by Crippen LogP contribution is -2.56. The van der Waals surface area contributed by atoms with Gasteiger partial charge in [0.2, 0.25) is 5.91 Å². The number of aromatic nitrogens is 1. The van der Waals surface area contributed by atoms with Crippen LogP contribution in [0.25, 0.3) is 10.9 Å². The highest BCUT2D eigenvalue weighted by molar-refractivity contribution is 7.99. The van der Waals surface area contributed by atoms with Gasteiger partial charge in [0.1, 0.15) is 6.04 Å². The van der Waals surface area contributed by atoms with E-state index in [1.54, 1.807) is 11.8 Å². The smallest absolute Gasteiger partial charge is 0.318 e. The number of carbonyl (C=O) groups excluding carboxylic acids is 2. The summed E-state index contributed by atoms with van der Waals surface area (Å²) < 4.78 is 0. The number of benzene rings is 3. The summed E-state index contributed by atoms with van der Waals surface area (Å²) >= 11 is 1.79. The molecule has 0 bridgehead atoms. The molecule has 0 aliphatic carbocycles. The summed E-state index contributed by atoms with van der Waals surface area (Å²) in [6.45, 7) is 6.97. The van der Waals surface area contributed by atoms with Crippen LogP contribution in [0.2, 0.25) is 0 Å². The molecule has 3 heterocycles. The van der Waals surface area contributed by atoms with E-state index in [2.05, 4.69) is 91.7 Å². The summed E-state index contributed by atoms with van der Waals surface area (Å²) in [5.74, 6) is 0.964. The van der Waals surface area contributed by atoms with Crippen molar-refractivity contribution in [1.82, 2.24) is 20.1 Å². The number of piperidine rings is 1. The average Bonchev–Trinajstić information content (AvgIpc) is 3.47. The molecule has 0 spiro atoms. The number of nitrogens with zero attached hydrogens (tertiary/aromatic N) is 3. The maximum Gasteiger partial charge on any atom is 0.318 e. The van der Waals surface area contributed by atoms with Crippen LogP contribution in [0, 0.1) is 6.92 Å². The Morgan fingerprint density at radius 1 is 1.02 bits per heavy atom. The van der Waals surface area contributed by atoms with Gasteiger partial charge in [-0.05, 0) is 80.2 Å². The number of thioether (sulfide) groups is 1. The first kappa shape index (κ1) is 30.3. The summed E-state index contributed by atoms with van der Waals surface area (Å²) in [5.41, 5.74) is 6.85. The van der Waals surface area contributed by atoms with Gasteiger partial charge in [0.05, 0.1) is 5.69 Å². The number of hydrogen-bond donors (Lipinski definition) is 2. The number of anilines is 1. The SMILES string of the molecule is Cc1ccccc1C1CCN(C(=O)N[C@@H](C(=O)N2CCSc3ccc(CN(C)C)cc32)[C@H](C)c2c[nH]c3ccccc23)CC1. The molecule has 0 radical (unpaired) electrons. The Morgan fingerprint density at radius 2 is 1.77 bits per heavy atom. The van der Waals surface area contributed by atoms with E-state index in [0.717, 1.165) is 57.8 Å². The Morgan fingerprint density at radius 3 is 2.55 bits per heavy atom. The first-order valence-corrected chi connectivity index (χ1v) is 16.7. The number of hydrogen-bond acceptors (Lipinski definition) is 4. The molecule has 0 saturated carbocycles. The zero-order valence-electron chi connectivity index (χ0n) is 26.2. The molecular formula is C36H43N5O2S. The van der Waals surface area contributed by atoms with Gasteiger partial charge in [-0.3, -0.25) is 4.79 Å². The second-order valence-corrected chi connectivity index (χ2v) is 13.6. The summed E-state index contributed by atoms with van der Waals surface area (Å²) in [7, 11) is 4.10. The fourth-order valence-corrected chi connectivity index (χ4v) is 7.81. The lowest BCUT2D eigenvalue weighted by Gasteiger charge is -2.37. The topological polar surface area (TPSA) is 71.7 Å². The van der Waals surface area contributed by atoms with Crippen LogP contribution in [0.3, 0.4) is 0 Å². The van der Waals surface area contributed by atoms with Gasteiger partial charge in [0.15, 0.2) is 0 Å². The van der Waals surface area contributed by atoms with Gasteiger partial charge in [-0.2, -0.15) is 0 Å². The molecule has 3 amide bonds. The number of rotatable bonds is 7. The number of para-hydroxylation sites is 1. The number of amides is 3. The maximum absolute atomic E-state index is 14.6. The number of H-pyrrole nitrogens is 1. The molecule has 2 N–H and O–H groups in total. The van der Waals surface area contributed by atoms with E-state index in [0.29, 0.717) is 25.6 Å². The molecule has 4 aromatic rings. The molecule has 0 unspecified atom stereocenters. The van der Waals surface area contributed by atoms with Crippen LogP contribution in [-0.2, 0) is 11.3 Å². The van der Waals surface area contributed by atoms with Crippen molar-refractivity contribution in [3.8, 4) is 0 Å². The van der Waals surface area contributed by atoms with Crippen LogP contribution in [0.5, 0.6) is 0 Å². The van der Waals surface area contributed by atoms with Crippen molar-refractivity contribution in [2.24, 2.45) is 0 Å². The molecule has 2 aliphatic heterocycles. The number of aromatic amines is 1. The molecule has 1 fully saturated rings. The zero-order chi connectivity index (χ0) is 30.8. The Kier molecular flexibility index (Phi) is 9.01. The Hall–Kier alpha value is -3.75. The number of likely N-dealkylation sites (tertiary alicyclic amines) is 1. The lowest BCUT2D eigenvalue weighted by molar-refractivity contribution is -0.120. The molecule has 3 aromatic carbocycles. The summed E-state index contributed by atoms with van der Waals surface area (Å²) in [5, 5.41) is 4.32. The highest BCUT2D eigenvalue weighted by Gasteiger charge is 2.37. The van der Waals surface area contributed by atoms with Gasteiger partial charge in [-0.1, -0.05) is 55.5 Å². The van der Waals surface area contributed by atoms with Crippen LogP contribution >= 0.6 is 11.8 Å². The molecule has 8 heteroatoms. The molecule has 44 heavy (non-hydrogen) atoms. The van der Waals surface area contributed by atoms with E-state index in [4.69, 9.17) is 0 Å². The monoisotopic (exact) mass is 609 g/mol. The Labute approximate surface area is 265 Å². The second-order valence-electron chi connectivity index (χ2n) is 12.5. The number of urea groups is 1. The van der Waals surface area contributed by atoms with Gasteiger partial charge >= 0.3 is 6.03 Å². The first-order chi connectivity index (χ1) is 21.3. The molecular weight excluding hydrogens is 566 g/mol. The van der Waals surface area contributed by atoms with Crippen LogP contribution in [0.15, 0.2) is 77.8 Å². The number of fused-ring (bicyclic) bond motifs is 2. The highest BCUT2D eigenvalue weighted by atomic mass is 32.2. The average molecular weight is 610 g/mol. The van der Waals surface area contributed by atoms with Crippen molar-refractivity contribution in [1.29, 1.82) is 0 Å². The molecule has 2 atom stereocenters. The Balaban J connectivity index is 1.27. The molecule has 1 aromatic heterocycles. The van der Waals surface area contributed by atoms with E-state index in [1.807, 2.05) is 34.2 Å². The van der Waals surface area contributed by atoms with E-state index >= 15 is 0 Å². The molecule has 7 nitrogen and oxygen atoms in total. The third kappa shape index (κ3) is 6.24. The predicted octanol–water partition coefficient (Wildman–Crippen LogP) is 6.74. The molecule has 1 saturated heterocycles. The minimum Gasteiger partial charge on any atom is -0.361 e. The van der Waals surface area contributed by atoms with Gasteiger partial charge in [-0.25, -0.2) is 4.79 Å². The van der Waals surface area contributed by atoms with Crippen LogP contribution in [0.4, 0.5) is 10.5 Å². The van der Waals surface area contributed by atoms with Crippen molar-refractivity contribution < 1.29 is 9.59 Å². The van der Waals surface area contributed by atoms with E-state index in [1.165, 1.54) is 11.1 Å². The van der Waals surface area contributed by atoms with Crippen molar-refractivity contribution in [2.75, 3.05) is 44.4 Å². The van der Waals surface area contributed by atoms with Gasteiger partial charge in [-0.15, -0.1) is 11.8 Å². The second kappa shape index (κ2) is 13.1. The van der Waals surface area contributed by atoms with Crippen molar-refractivity contribution in [2.45, 2.75) is 56.0 Å². The van der Waals surface area contributed by atoms with Crippen molar-refractivity contribution in [3.63, 3.8) is 0 Å². The van der Waals surface area contributed by atoms with Crippen LogP contribution < -0.4 is 10.2 Å². The molecule has 2 aliphatic rings. The van der Waals surface area contributed by atoms with Crippen LogP contribution in [0.1, 0.15) is 53.9 Å². The van der Waals surface area contributed by atoms with Crippen LogP contribution in [-0.4, -0.2) is 72.2 Å². The summed E-state index contributed by atoms with van der Waals surface area (Å²) in [4.78, 5) is 38.9. The van der Waals surface area contributed by atoms with Crippen molar-refractivity contribution in [3.05, 3.63) is 95.2 Å². The molecule has 230 valence electrons. The largest absolute Gasteiger partial charge is 0.361 e. The van der Waals surface area contributed by atoms with E-state index in [9.17, 15) is 9.59 Å². The maximum atomic E-state index is 14.6. The highest BCUT2D eigenvalue weighted by Crippen LogP contribution is 2.38. The predicted molar refractivity (Wildman–Crippen MR) is 181 cm³/mol. The molecule has 6 rings (SSSR count). The minimum atomic E-state index is -0.718. The fraction of sp³-hybridized carbons (Fsp3) is 0.389. The summed E-state index contributed by atoms with van der Waals surface area (Å²) in [6.07, 6.45) is 3.82. The Bertz CT molecular complexity index is 1640. The minimum absolute atomic E-state index is 0.0607. The quantitative estimate of drug-likeness (QED) is 0.244. The fourth-order valence-electron chi connectivity index (χ4n) is 6.84.